The third-order valence-corrected chi connectivity index (χ3v) is 2.09. The summed E-state index contributed by atoms with van der Waals surface area (Å²) in [5.41, 5.74) is 6.17. The van der Waals surface area contributed by atoms with Gasteiger partial charge in [-0.05, 0) is 6.07 Å². The second kappa shape index (κ2) is 4.68. The minimum absolute atomic E-state index is 0.172. The molecule has 2 heterocycles. The molecule has 0 aliphatic heterocycles. The molecule has 2 aromatic heterocycles. The molecular formula is C11H7ClN4O. The van der Waals surface area contributed by atoms with Crippen LogP contribution in [0.15, 0.2) is 30.7 Å². The van der Waals surface area contributed by atoms with Gasteiger partial charge in [-0.2, -0.15) is 5.26 Å². The van der Waals surface area contributed by atoms with Crippen LogP contribution in [0.2, 0.25) is 5.02 Å². The number of nitrogens with zero attached hydrogens (tertiary/aromatic N) is 3. The lowest BCUT2D eigenvalue weighted by Gasteiger charge is -2.06. The molecular weight excluding hydrogens is 240 g/mol. The van der Waals surface area contributed by atoms with Gasteiger partial charge in [-0.15, -0.1) is 0 Å². The van der Waals surface area contributed by atoms with Crippen molar-refractivity contribution in [2.75, 3.05) is 5.73 Å². The fraction of sp³-hybridized carbons (Fsp3) is 0. The third-order valence-electron chi connectivity index (χ3n) is 1.89. The minimum atomic E-state index is 0.172. The van der Waals surface area contributed by atoms with Gasteiger partial charge in [0, 0.05) is 12.3 Å². The molecule has 0 bridgehead atoms. The average molecular weight is 247 g/mol. The lowest BCUT2D eigenvalue weighted by molar-refractivity contribution is 0.459. The van der Waals surface area contributed by atoms with Crippen molar-refractivity contribution < 1.29 is 4.74 Å². The summed E-state index contributed by atoms with van der Waals surface area (Å²) in [6.45, 7) is 0. The number of hydrogen-bond acceptors (Lipinski definition) is 5. The summed E-state index contributed by atoms with van der Waals surface area (Å²) in [6.07, 6.45) is 4.37. The van der Waals surface area contributed by atoms with E-state index in [-0.39, 0.29) is 11.4 Å². The zero-order valence-corrected chi connectivity index (χ0v) is 9.35. The SMILES string of the molecule is N#Cc1cc(N)cnc1Oc1cncc(Cl)c1. The van der Waals surface area contributed by atoms with Crippen LogP contribution in [0.1, 0.15) is 5.56 Å². The summed E-state index contributed by atoms with van der Waals surface area (Å²) in [4.78, 5) is 7.79. The molecule has 0 aliphatic carbocycles. The number of aromatic nitrogens is 2. The predicted octanol–water partition coefficient (Wildman–Crippen LogP) is 2.38. The van der Waals surface area contributed by atoms with Crippen molar-refractivity contribution in [1.82, 2.24) is 9.97 Å². The summed E-state index contributed by atoms with van der Waals surface area (Å²) in [6, 6.07) is 5.01. The van der Waals surface area contributed by atoms with E-state index in [1.807, 2.05) is 6.07 Å². The summed E-state index contributed by atoms with van der Waals surface area (Å²) in [7, 11) is 0. The molecule has 0 unspecified atom stereocenters. The molecule has 0 radical (unpaired) electrons. The second-order valence-electron chi connectivity index (χ2n) is 3.17. The van der Waals surface area contributed by atoms with Crippen LogP contribution in [0.3, 0.4) is 0 Å². The Balaban J connectivity index is 2.34. The largest absolute Gasteiger partial charge is 0.436 e. The first kappa shape index (κ1) is 11.2. The summed E-state index contributed by atoms with van der Waals surface area (Å²) in [5.74, 6) is 0.581. The standard InChI is InChI=1S/C11H7ClN4O/c12-8-2-10(6-15-4-8)17-11-7(3-13)1-9(14)5-16-11/h1-2,4-6H,14H2. The maximum atomic E-state index is 8.91. The average Bonchev–Trinajstić information content (AvgIpc) is 2.31. The van der Waals surface area contributed by atoms with Crippen molar-refractivity contribution in [1.29, 1.82) is 5.26 Å². The molecule has 6 heteroatoms. The number of halogens is 1. The van der Waals surface area contributed by atoms with Crippen molar-refractivity contribution in [3.8, 4) is 17.7 Å². The first-order valence-electron chi connectivity index (χ1n) is 4.63. The van der Waals surface area contributed by atoms with Gasteiger partial charge in [0.25, 0.3) is 0 Å². The monoisotopic (exact) mass is 246 g/mol. The first-order chi connectivity index (χ1) is 8.19. The maximum Gasteiger partial charge on any atom is 0.237 e. The zero-order chi connectivity index (χ0) is 12.3. The van der Waals surface area contributed by atoms with Gasteiger partial charge in [-0.25, -0.2) is 4.98 Å². The zero-order valence-electron chi connectivity index (χ0n) is 8.59. The van der Waals surface area contributed by atoms with E-state index in [1.54, 1.807) is 6.07 Å². The summed E-state index contributed by atoms with van der Waals surface area (Å²) in [5, 5.41) is 9.35. The van der Waals surface area contributed by atoms with Gasteiger partial charge in [-0.3, -0.25) is 4.98 Å². The van der Waals surface area contributed by atoms with Gasteiger partial charge in [0.05, 0.1) is 23.1 Å². The van der Waals surface area contributed by atoms with Crippen LogP contribution in [0, 0.1) is 11.3 Å². The molecule has 0 saturated carbocycles. The van der Waals surface area contributed by atoms with Crippen LogP contribution in [0.4, 0.5) is 5.69 Å². The Hall–Kier alpha value is -2.32. The molecule has 2 rings (SSSR count). The molecule has 5 nitrogen and oxygen atoms in total. The van der Waals surface area contributed by atoms with Gasteiger partial charge < -0.3 is 10.5 Å². The molecule has 2 aromatic rings. The Morgan fingerprint density at radius 3 is 2.82 bits per heavy atom. The Labute approximate surface area is 102 Å². The number of ether oxygens (including phenoxy) is 1. The Morgan fingerprint density at radius 1 is 1.29 bits per heavy atom. The van der Waals surface area contributed by atoms with E-state index >= 15 is 0 Å². The smallest absolute Gasteiger partial charge is 0.237 e. The van der Waals surface area contributed by atoms with Gasteiger partial charge in [0.2, 0.25) is 5.88 Å². The molecule has 17 heavy (non-hydrogen) atoms. The van der Waals surface area contributed by atoms with E-state index < -0.39 is 0 Å². The molecule has 0 aliphatic rings. The van der Waals surface area contributed by atoms with Crippen molar-refractivity contribution in [2.24, 2.45) is 0 Å². The number of anilines is 1. The highest BCUT2D eigenvalue weighted by atomic mass is 35.5. The fourth-order valence-electron chi connectivity index (χ4n) is 1.19. The highest BCUT2D eigenvalue weighted by molar-refractivity contribution is 6.30. The molecule has 84 valence electrons. The van der Waals surface area contributed by atoms with E-state index in [2.05, 4.69) is 9.97 Å². The topological polar surface area (TPSA) is 84.8 Å². The van der Waals surface area contributed by atoms with Gasteiger partial charge in [-0.1, -0.05) is 11.6 Å². The highest BCUT2D eigenvalue weighted by Gasteiger charge is 2.07. The fourth-order valence-corrected chi connectivity index (χ4v) is 1.35. The molecule has 0 atom stereocenters. The van der Waals surface area contributed by atoms with Crippen LogP contribution in [0.25, 0.3) is 0 Å². The number of pyridine rings is 2. The van der Waals surface area contributed by atoms with Crippen molar-refractivity contribution in [3.05, 3.63) is 41.3 Å². The van der Waals surface area contributed by atoms with Crippen molar-refractivity contribution in [2.45, 2.75) is 0 Å². The number of hydrogen-bond donors (Lipinski definition) is 1. The lowest BCUT2D eigenvalue weighted by atomic mass is 10.3. The van der Waals surface area contributed by atoms with Gasteiger partial charge >= 0.3 is 0 Å². The van der Waals surface area contributed by atoms with Crippen molar-refractivity contribution in [3.63, 3.8) is 0 Å². The van der Waals surface area contributed by atoms with E-state index in [9.17, 15) is 0 Å². The molecule has 2 N–H and O–H groups in total. The summed E-state index contributed by atoms with van der Waals surface area (Å²) < 4.78 is 5.40. The summed E-state index contributed by atoms with van der Waals surface area (Å²) >= 11 is 5.76. The van der Waals surface area contributed by atoms with E-state index in [1.165, 1.54) is 24.7 Å². The highest BCUT2D eigenvalue weighted by Crippen LogP contribution is 2.24. The molecule has 0 fully saturated rings. The van der Waals surface area contributed by atoms with Crippen LogP contribution < -0.4 is 10.5 Å². The first-order valence-corrected chi connectivity index (χ1v) is 5.01. The molecule has 0 spiro atoms. The third kappa shape index (κ3) is 2.62. The Bertz CT molecular complexity index is 594. The molecule has 0 saturated heterocycles. The van der Waals surface area contributed by atoms with Gasteiger partial charge in [0.15, 0.2) is 0 Å². The van der Waals surface area contributed by atoms with E-state index in [0.717, 1.165) is 0 Å². The quantitative estimate of drug-likeness (QED) is 0.879. The van der Waals surface area contributed by atoms with Crippen LogP contribution in [-0.2, 0) is 0 Å². The minimum Gasteiger partial charge on any atom is -0.436 e. The van der Waals surface area contributed by atoms with Gasteiger partial charge in [0.1, 0.15) is 17.4 Å². The van der Waals surface area contributed by atoms with Crippen molar-refractivity contribution >= 4 is 17.3 Å². The van der Waals surface area contributed by atoms with Crippen LogP contribution >= 0.6 is 11.6 Å². The number of rotatable bonds is 2. The Kier molecular flexibility index (Phi) is 3.08. The second-order valence-corrected chi connectivity index (χ2v) is 3.61. The van der Waals surface area contributed by atoms with Crippen LogP contribution in [-0.4, -0.2) is 9.97 Å². The maximum absolute atomic E-state index is 8.91. The predicted molar refractivity (Wildman–Crippen MR) is 62.7 cm³/mol. The molecule has 0 amide bonds. The van der Waals surface area contributed by atoms with E-state index in [0.29, 0.717) is 16.5 Å². The Morgan fingerprint density at radius 2 is 2.12 bits per heavy atom. The van der Waals surface area contributed by atoms with E-state index in [4.69, 9.17) is 27.3 Å². The number of nitrogens with two attached hydrogens (primary N) is 1. The lowest BCUT2D eigenvalue weighted by Crippen LogP contribution is -1.95. The normalized spacial score (nSPS) is 9.65. The number of nitriles is 1. The molecule has 0 aromatic carbocycles. The van der Waals surface area contributed by atoms with Crippen LogP contribution in [0.5, 0.6) is 11.6 Å². The number of nitrogen functional groups attached to an aromatic ring is 1.